The second kappa shape index (κ2) is 3.67. The molecule has 0 spiro atoms. The standard InChI is InChI=1S/C11H10BrNO/c1-7(14)11-5-8-2-3-10(12)4-9(8)6-13-11/h2-7,14H,1H3/t7-/m1/s1. The summed E-state index contributed by atoms with van der Waals surface area (Å²) in [7, 11) is 0. The number of halogens is 1. The molecule has 0 saturated heterocycles. The van der Waals surface area contributed by atoms with Gasteiger partial charge in [0.05, 0.1) is 11.8 Å². The fraction of sp³-hybridized carbons (Fsp3) is 0.182. The molecule has 0 unspecified atom stereocenters. The molecular formula is C11H10BrNO. The molecule has 1 aromatic carbocycles. The van der Waals surface area contributed by atoms with E-state index in [0.29, 0.717) is 5.69 Å². The molecule has 14 heavy (non-hydrogen) atoms. The van der Waals surface area contributed by atoms with Crippen LogP contribution in [0.5, 0.6) is 0 Å². The lowest BCUT2D eigenvalue weighted by Gasteiger charge is -2.05. The van der Waals surface area contributed by atoms with Gasteiger partial charge in [-0.2, -0.15) is 0 Å². The first-order chi connectivity index (χ1) is 6.66. The van der Waals surface area contributed by atoms with Crippen molar-refractivity contribution in [1.29, 1.82) is 0 Å². The van der Waals surface area contributed by atoms with Gasteiger partial charge in [0.25, 0.3) is 0 Å². The summed E-state index contributed by atoms with van der Waals surface area (Å²) in [6.45, 7) is 1.72. The van der Waals surface area contributed by atoms with E-state index in [2.05, 4.69) is 20.9 Å². The van der Waals surface area contributed by atoms with Gasteiger partial charge in [0.15, 0.2) is 0 Å². The number of aromatic nitrogens is 1. The predicted molar refractivity (Wildman–Crippen MR) is 60.1 cm³/mol. The maximum absolute atomic E-state index is 9.37. The molecule has 1 aromatic heterocycles. The molecule has 1 N–H and O–H groups in total. The molecule has 2 rings (SSSR count). The molecule has 0 saturated carbocycles. The van der Waals surface area contributed by atoms with Crippen molar-refractivity contribution >= 4 is 26.7 Å². The Balaban J connectivity index is 2.62. The Bertz CT molecular complexity index is 468. The summed E-state index contributed by atoms with van der Waals surface area (Å²) in [4.78, 5) is 4.18. The second-order valence-electron chi connectivity index (χ2n) is 3.28. The number of hydrogen-bond acceptors (Lipinski definition) is 2. The molecule has 1 heterocycles. The van der Waals surface area contributed by atoms with Gasteiger partial charge in [0.2, 0.25) is 0 Å². The fourth-order valence-corrected chi connectivity index (χ4v) is 1.74. The lowest BCUT2D eigenvalue weighted by molar-refractivity contribution is 0.194. The summed E-state index contributed by atoms with van der Waals surface area (Å²) in [5.41, 5.74) is 0.708. The van der Waals surface area contributed by atoms with Gasteiger partial charge in [-0.15, -0.1) is 0 Å². The predicted octanol–water partition coefficient (Wildman–Crippen LogP) is 3.05. The number of aliphatic hydroxyl groups excluding tert-OH is 1. The molecule has 3 heteroatoms. The number of benzene rings is 1. The molecular weight excluding hydrogens is 242 g/mol. The highest BCUT2D eigenvalue weighted by molar-refractivity contribution is 9.10. The van der Waals surface area contributed by atoms with Crippen LogP contribution in [0.1, 0.15) is 18.7 Å². The number of rotatable bonds is 1. The van der Waals surface area contributed by atoms with Crippen LogP contribution in [0.3, 0.4) is 0 Å². The van der Waals surface area contributed by atoms with Gasteiger partial charge in [0, 0.05) is 16.1 Å². The summed E-state index contributed by atoms with van der Waals surface area (Å²) in [5, 5.41) is 11.5. The first kappa shape index (κ1) is 9.62. The van der Waals surface area contributed by atoms with Crippen LogP contribution in [0, 0.1) is 0 Å². The van der Waals surface area contributed by atoms with Crippen LogP contribution in [0.25, 0.3) is 10.8 Å². The van der Waals surface area contributed by atoms with Gasteiger partial charge in [0.1, 0.15) is 0 Å². The third-order valence-electron chi connectivity index (χ3n) is 2.13. The summed E-state index contributed by atoms with van der Waals surface area (Å²) in [6.07, 6.45) is 1.27. The lowest BCUT2D eigenvalue weighted by atomic mass is 10.1. The van der Waals surface area contributed by atoms with E-state index in [-0.39, 0.29) is 0 Å². The molecule has 1 atom stereocenters. The number of nitrogens with zero attached hydrogens (tertiary/aromatic N) is 1. The molecule has 2 nitrogen and oxygen atoms in total. The summed E-state index contributed by atoms with van der Waals surface area (Å²) < 4.78 is 1.04. The molecule has 0 radical (unpaired) electrons. The third-order valence-corrected chi connectivity index (χ3v) is 2.63. The van der Waals surface area contributed by atoms with Crippen LogP contribution < -0.4 is 0 Å². The number of fused-ring (bicyclic) bond motifs is 1. The van der Waals surface area contributed by atoms with Crippen LogP contribution in [0.4, 0.5) is 0 Å². The first-order valence-electron chi connectivity index (χ1n) is 4.40. The van der Waals surface area contributed by atoms with Crippen molar-refractivity contribution in [3.8, 4) is 0 Å². The largest absolute Gasteiger partial charge is 0.387 e. The lowest BCUT2D eigenvalue weighted by Crippen LogP contribution is -1.94. The van der Waals surface area contributed by atoms with Gasteiger partial charge >= 0.3 is 0 Å². The van der Waals surface area contributed by atoms with Crippen molar-refractivity contribution in [2.75, 3.05) is 0 Å². The average molecular weight is 252 g/mol. The monoisotopic (exact) mass is 251 g/mol. The first-order valence-corrected chi connectivity index (χ1v) is 5.19. The van der Waals surface area contributed by atoms with Crippen molar-refractivity contribution in [2.24, 2.45) is 0 Å². The van der Waals surface area contributed by atoms with E-state index in [1.807, 2.05) is 24.3 Å². The van der Waals surface area contributed by atoms with Gasteiger partial charge in [-0.05, 0) is 30.5 Å². The van der Waals surface area contributed by atoms with Crippen molar-refractivity contribution in [3.05, 3.63) is 40.6 Å². The zero-order valence-corrected chi connectivity index (χ0v) is 9.32. The van der Waals surface area contributed by atoms with E-state index in [1.165, 1.54) is 0 Å². The minimum absolute atomic E-state index is 0.511. The SMILES string of the molecule is C[C@@H](O)c1cc2ccc(Br)cc2cn1. The number of aliphatic hydroxyl groups is 1. The molecule has 0 fully saturated rings. The maximum atomic E-state index is 9.37. The van der Waals surface area contributed by atoms with Crippen LogP contribution in [-0.2, 0) is 0 Å². The zero-order valence-electron chi connectivity index (χ0n) is 7.74. The third kappa shape index (κ3) is 1.79. The smallest absolute Gasteiger partial charge is 0.0931 e. The minimum atomic E-state index is -0.511. The molecule has 72 valence electrons. The Morgan fingerprint density at radius 1 is 1.29 bits per heavy atom. The summed E-state index contributed by atoms with van der Waals surface area (Å²) in [6, 6.07) is 7.90. The van der Waals surface area contributed by atoms with Crippen molar-refractivity contribution in [2.45, 2.75) is 13.0 Å². The summed E-state index contributed by atoms with van der Waals surface area (Å²) in [5.74, 6) is 0. The Morgan fingerprint density at radius 3 is 2.79 bits per heavy atom. The van der Waals surface area contributed by atoms with E-state index in [9.17, 15) is 5.11 Å². The number of hydrogen-bond donors (Lipinski definition) is 1. The summed E-state index contributed by atoms with van der Waals surface area (Å²) >= 11 is 3.40. The van der Waals surface area contributed by atoms with Crippen molar-refractivity contribution in [3.63, 3.8) is 0 Å². The highest BCUT2D eigenvalue weighted by Gasteiger charge is 2.03. The topological polar surface area (TPSA) is 33.1 Å². The minimum Gasteiger partial charge on any atom is -0.387 e. The second-order valence-corrected chi connectivity index (χ2v) is 4.19. The normalized spacial score (nSPS) is 13.1. The Labute approximate surface area is 90.7 Å². The van der Waals surface area contributed by atoms with E-state index in [1.54, 1.807) is 13.1 Å². The Morgan fingerprint density at radius 2 is 2.07 bits per heavy atom. The van der Waals surface area contributed by atoms with Gasteiger partial charge in [-0.3, -0.25) is 4.98 Å². The van der Waals surface area contributed by atoms with E-state index < -0.39 is 6.10 Å². The van der Waals surface area contributed by atoms with Gasteiger partial charge < -0.3 is 5.11 Å². The van der Waals surface area contributed by atoms with E-state index in [4.69, 9.17) is 0 Å². The molecule has 0 aliphatic rings. The van der Waals surface area contributed by atoms with E-state index in [0.717, 1.165) is 15.2 Å². The fourth-order valence-electron chi connectivity index (χ4n) is 1.36. The Hall–Kier alpha value is -0.930. The van der Waals surface area contributed by atoms with Crippen molar-refractivity contribution < 1.29 is 5.11 Å². The molecule has 0 aliphatic heterocycles. The molecule has 0 amide bonds. The van der Waals surface area contributed by atoms with Crippen LogP contribution in [-0.4, -0.2) is 10.1 Å². The number of pyridine rings is 1. The Kier molecular flexibility index (Phi) is 2.52. The zero-order chi connectivity index (χ0) is 10.1. The van der Waals surface area contributed by atoms with Crippen molar-refractivity contribution in [1.82, 2.24) is 4.98 Å². The molecule has 2 aromatic rings. The quantitative estimate of drug-likeness (QED) is 0.846. The molecule has 0 bridgehead atoms. The van der Waals surface area contributed by atoms with E-state index >= 15 is 0 Å². The van der Waals surface area contributed by atoms with Crippen LogP contribution in [0.15, 0.2) is 34.9 Å². The van der Waals surface area contributed by atoms with Gasteiger partial charge in [-0.1, -0.05) is 22.0 Å². The van der Waals surface area contributed by atoms with Crippen LogP contribution >= 0.6 is 15.9 Å². The highest BCUT2D eigenvalue weighted by Crippen LogP contribution is 2.21. The van der Waals surface area contributed by atoms with Gasteiger partial charge in [-0.25, -0.2) is 0 Å². The molecule has 0 aliphatic carbocycles. The maximum Gasteiger partial charge on any atom is 0.0931 e. The van der Waals surface area contributed by atoms with Crippen LogP contribution in [0.2, 0.25) is 0 Å². The highest BCUT2D eigenvalue weighted by atomic mass is 79.9. The average Bonchev–Trinajstić information content (AvgIpc) is 2.16.